The molecule has 0 atom stereocenters. The molecule has 2 N–H and O–H groups in total. The summed E-state index contributed by atoms with van der Waals surface area (Å²) in [7, 11) is 0. The smallest absolute Gasteiger partial charge is 0.268 e. The van der Waals surface area contributed by atoms with Crippen LogP contribution in [0.3, 0.4) is 0 Å². The van der Waals surface area contributed by atoms with Crippen molar-refractivity contribution in [2.75, 3.05) is 0 Å². The molecule has 0 aromatic carbocycles. The van der Waals surface area contributed by atoms with E-state index in [0.29, 0.717) is 12.5 Å². The second-order valence-electron chi connectivity index (χ2n) is 4.27. The van der Waals surface area contributed by atoms with Gasteiger partial charge in [-0.1, -0.05) is 13.8 Å². The molecule has 0 spiro atoms. The molecule has 96 valence electrons. The van der Waals surface area contributed by atoms with Gasteiger partial charge < -0.3 is 5.32 Å². The highest BCUT2D eigenvalue weighted by Gasteiger charge is 2.21. The van der Waals surface area contributed by atoms with Crippen molar-refractivity contribution in [3.05, 3.63) is 16.1 Å². The molecule has 0 saturated carbocycles. The van der Waals surface area contributed by atoms with Crippen LogP contribution in [0.1, 0.15) is 36.9 Å². The van der Waals surface area contributed by atoms with Gasteiger partial charge in [-0.05, 0) is 5.92 Å². The van der Waals surface area contributed by atoms with Crippen molar-refractivity contribution in [1.29, 1.82) is 0 Å². The van der Waals surface area contributed by atoms with Crippen LogP contribution < -0.4 is 10.7 Å². The highest BCUT2D eigenvalue weighted by Crippen LogP contribution is 2.17. The van der Waals surface area contributed by atoms with Gasteiger partial charge in [-0.15, -0.1) is 11.3 Å². The van der Waals surface area contributed by atoms with E-state index < -0.39 is 0 Å². The molecule has 1 aliphatic rings. The van der Waals surface area contributed by atoms with Crippen LogP contribution in [0, 0.1) is 0 Å². The van der Waals surface area contributed by atoms with Crippen LogP contribution in [0.15, 0.2) is 10.5 Å². The number of hydrazone groups is 1. The van der Waals surface area contributed by atoms with E-state index in [-0.39, 0.29) is 23.9 Å². The van der Waals surface area contributed by atoms with Crippen LogP contribution in [0.5, 0.6) is 0 Å². The summed E-state index contributed by atoms with van der Waals surface area (Å²) >= 11 is 1.51. The number of aromatic nitrogens is 1. The molecule has 1 aromatic heterocycles. The largest absolute Gasteiger partial charge is 0.344 e. The van der Waals surface area contributed by atoms with Crippen LogP contribution in [0.2, 0.25) is 0 Å². The molecule has 0 fully saturated rings. The molecule has 0 bridgehead atoms. The van der Waals surface area contributed by atoms with E-state index in [4.69, 9.17) is 0 Å². The van der Waals surface area contributed by atoms with Crippen molar-refractivity contribution in [2.45, 2.75) is 32.7 Å². The lowest BCUT2D eigenvalue weighted by Crippen LogP contribution is -2.30. The monoisotopic (exact) mass is 266 g/mol. The first-order valence-electron chi connectivity index (χ1n) is 5.64. The summed E-state index contributed by atoms with van der Waals surface area (Å²) in [5.41, 5.74) is 3.49. The summed E-state index contributed by atoms with van der Waals surface area (Å²) in [6.45, 7) is 4.51. The van der Waals surface area contributed by atoms with Crippen molar-refractivity contribution >= 4 is 28.9 Å². The lowest BCUT2D eigenvalue weighted by molar-refractivity contribution is -0.120. The third-order valence-electron chi connectivity index (χ3n) is 2.47. The number of hydrogen-bond donors (Lipinski definition) is 2. The topological polar surface area (TPSA) is 83.5 Å². The maximum atomic E-state index is 11.6. The lowest BCUT2D eigenvalue weighted by atomic mass is 10.2. The summed E-state index contributed by atoms with van der Waals surface area (Å²) in [6, 6.07) is 0. The van der Waals surface area contributed by atoms with Gasteiger partial charge in [0, 0.05) is 5.38 Å². The lowest BCUT2D eigenvalue weighted by Gasteiger charge is -2.01. The van der Waals surface area contributed by atoms with Crippen LogP contribution >= 0.6 is 11.3 Å². The molecule has 1 aromatic rings. The molecule has 18 heavy (non-hydrogen) atoms. The third-order valence-corrected chi connectivity index (χ3v) is 3.33. The Labute approximate surface area is 108 Å². The van der Waals surface area contributed by atoms with E-state index in [0.717, 1.165) is 10.7 Å². The Bertz CT molecular complexity index is 507. The van der Waals surface area contributed by atoms with Crippen LogP contribution in [0.25, 0.3) is 0 Å². The number of thiazole rings is 1. The number of carbonyl (C=O) groups is 2. The standard InChI is InChI=1S/C11H14N4O2S/c1-6(2)8-5-18-10(13-8)4-12-11(17)7-3-9(16)15-14-7/h5-6H,3-4H2,1-2H3,(H,12,17)(H,15,16). The third kappa shape index (κ3) is 2.92. The van der Waals surface area contributed by atoms with Gasteiger partial charge in [-0.2, -0.15) is 5.10 Å². The number of nitrogens with zero attached hydrogens (tertiary/aromatic N) is 2. The number of rotatable bonds is 4. The van der Waals surface area contributed by atoms with Crippen molar-refractivity contribution < 1.29 is 9.59 Å². The van der Waals surface area contributed by atoms with Gasteiger partial charge >= 0.3 is 0 Å². The minimum atomic E-state index is -0.324. The highest BCUT2D eigenvalue weighted by atomic mass is 32.1. The van der Waals surface area contributed by atoms with E-state index in [1.165, 1.54) is 11.3 Å². The van der Waals surface area contributed by atoms with E-state index in [9.17, 15) is 9.59 Å². The molecule has 7 heteroatoms. The molecule has 0 unspecified atom stereocenters. The molecule has 0 aliphatic carbocycles. The Balaban J connectivity index is 1.87. The maximum Gasteiger partial charge on any atom is 0.268 e. The van der Waals surface area contributed by atoms with Gasteiger partial charge in [-0.3, -0.25) is 9.59 Å². The fourth-order valence-corrected chi connectivity index (χ4v) is 2.32. The highest BCUT2D eigenvalue weighted by molar-refractivity contribution is 7.09. The van der Waals surface area contributed by atoms with Gasteiger partial charge in [0.1, 0.15) is 10.7 Å². The van der Waals surface area contributed by atoms with Gasteiger partial charge in [0.15, 0.2) is 0 Å². The Kier molecular flexibility index (Phi) is 3.71. The van der Waals surface area contributed by atoms with E-state index in [1.807, 2.05) is 5.38 Å². The number of hydrogen-bond acceptors (Lipinski definition) is 5. The maximum absolute atomic E-state index is 11.6. The molecule has 2 amide bonds. The first-order valence-corrected chi connectivity index (χ1v) is 6.52. The number of carbonyl (C=O) groups excluding carboxylic acids is 2. The van der Waals surface area contributed by atoms with Gasteiger partial charge in [0.25, 0.3) is 5.91 Å². The van der Waals surface area contributed by atoms with E-state index in [2.05, 4.69) is 34.7 Å². The van der Waals surface area contributed by atoms with Gasteiger partial charge in [0.05, 0.1) is 18.7 Å². The zero-order valence-corrected chi connectivity index (χ0v) is 11.0. The van der Waals surface area contributed by atoms with E-state index >= 15 is 0 Å². The van der Waals surface area contributed by atoms with Crippen molar-refractivity contribution in [1.82, 2.24) is 15.7 Å². The second-order valence-corrected chi connectivity index (χ2v) is 5.22. The summed E-state index contributed by atoms with van der Waals surface area (Å²) in [5.74, 6) is -0.196. The Hall–Kier alpha value is -1.76. The Morgan fingerprint density at radius 1 is 1.61 bits per heavy atom. The summed E-state index contributed by atoms with van der Waals surface area (Å²) in [4.78, 5) is 26.9. The van der Waals surface area contributed by atoms with Crippen LogP contribution in [-0.2, 0) is 16.1 Å². The fraction of sp³-hybridized carbons (Fsp3) is 0.455. The van der Waals surface area contributed by atoms with Crippen LogP contribution in [-0.4, -0.2) is 22.5 Å². The normalized spacial score (nSPS) is 14.6. The fourth-order valence-electron chi connectivity index (χ4n) is 1.42. The summed E-state index contributed by atoms with van der Waals surface area (Å²) < 4.78 is 0. The quantitative estimate of drug-likeness (QED) is 0.844. The zero-order valence-electron chi connectivity index (χ0n) is 10.2. The summed E-state index contributed by atoms with van der Waals surface area (Å²) in [5, 5.41) is 9.19. The van der Waals surface area contributed by atoms with Crippen molar-refractivity contribution in [2.24, 2.45) is 5.10 Å². The summed E-state index contributed by atoms with van der Waals surface area (Å²) in [6.07, 6.45) is 0.0426. The first-order chi connectivity index (χ1) is 8.56. The van der Waals surface area contributed by atoms with Crippen LogP contribution in [0.4, 0.5) is 0 Å². The molecule has 1 aliphatic heterocycles. The average molecular weight is 266 g/mol. The van der Waals surface area contributed by atoms with Gasteiger partial charge in [0.2, 0.25) is 5.91 Å². The predicted octanol–water partition coefficient (Wildman–Crippen LogP) is 0.759. The van der Waals surface area contributed by atoms with E-state index in [1.54, 1.807) is 0 Å². The Morgan fingerprint density at radius 2 is 2.39 bits per heavy atom. The molecular formula is C11H14N4O2S. The first kappa shape index (κ1) is 12.7. The SMILES string of the molecule is CC(C)c1csc(CNC(=O)C2=NNC(=O)C2)n1. The van der Waals surface area contributed by atoms with Crippen molar-refractivity contribution in [3.8, 4) is 0 Å². The molecular weight excluding hydrogens is 252 g/mol. The Morgan fingerprint density at radius 3 is 2.94 bits per heavy atom. The minimum absolute atomic E-state index is 0.0426. The molecule has 0 radical (unpaired) electrons. The predicted molar refractivity (Wildman–Crippen MR) is 68.2 cm³/mol. The minimum Gasteiger partial charge on any atom is -0.344 e. The molecule has 2 rings (SSSR count). The second kappa shape index (κ2) is 5.26. The number of amides is 2. The van der Waals surface area contributed by atoms with Crippen molar-refractivity contribution in [3.63, 3.8) is 0 Å². The van der Waals surface area contributed by atoms with Gasteiger partial charge in [-0.25, -0.2) is 10.4 Å². The zero-order chi connectivity index (χ0) is 13.1. The molecule has 6 nitrogen and oxygen atoms in total. The average Bonchev–Trinajstić information content (AvgIpc) is 2.94. The molecule has 2 heterocycles. The molecule has 0 saturated heterocycles. The number of nitrogens with one attached hydrogen (secondary N) is 2.